The number of rotatable bonds is 3. The maximum atomic E-state index is 11.0. The molecule has 0 amide bonds. The van der Waals surface area contributed by atoms with Gasteiger partial charge in [0.15, 0.2) is 0 Å². The van der Waals surface area contributed by atoms with E-state index < -0.39 is 0 Å². The van der Waals surface area contributed by atoms with Crippen LogP contribution in [-0.2, 0) is 4.84 Å². The van der Waals surface area contributed by atoms with Crippen LogP contribution in [0.25, 0.3) is 0 Å². The first-order chi connectivity index (χ1) is 5.34. The van der Waals surface area contributed by atoms with Gasteiger partial charge in [0, 0.05) is 5.59 Å². The molecule has 0 saturated carbocycles. The molecule has 0 aromatic heterocycles. The van der Waals surface area contributed by atoms with Crippen LogP contribution in [0.4, 0.5) is 0 Å². The molecule has 5 heteroatoms. The van der Waals surface area contributed by atoms with Crippen LogP contribution in [0.2, 0.25) is 0 Å². The highest BCUT2D eigenvalue weighted by Gasteiger charge is 2.22. The van der Waals surface area contributed by atoms with E-state index in [9.17, 15) is 4.91 Å². The molecule has 1 fully saturated rings. The van der Waals surface area contributed by atoms with E-state index in [0.29, 0.717) is 4.98 Å². The van der Waals surface area contributed by atoms with Crippen LogP contribution in [0.5, 0.6) is 0 Å². The fourth-order valence-corrected chi connectivity index (χ4v) is 1.19. The molecule has 0 unspecified atom stereocenters. The van der Waals surface area contributed by atoms with Gasteiger partial charge in [-0.05, 0) is 19.3 Å². The summed E-state index contributed by atoms with van der Waals surface area (Å²) in [5.74, 6) is 0. The van der Waals surface area contributed by atoms with Gasteiger partial charge in [0.05, 0.1) is 25.1 Å². The molecule has 5 nitrogen and oxygen atoms in total. The Morgan fingerprint density at radius 3 is 2.55 bits per heavy atom. The van der Waals surface area contributed by atoms with Crippen molar-refractivity contribution >= 4 is 0 Å². The van der Waals surface area contributed by atoms with Gasteiger partial charge in [0.25, 0.3) is 4.98 Å². The van der Waals surface area contributed by atoms with E-state index in [2.05, 4.69) is 10.4 Å². The molecule has 0 spiro atoms. The first-order valence-corrected chi connectivity index (χ1v) is 3.85. The number of hydrogen-bond donors (Lipinski definition) is 1. The van der Waals surface area contributed by atoms with Crippen LogP contribution in [0, 0.1) is 4.91 Å². The van der Waals surface area contributed by atoms with Crippen molar-refractivity contribution in [2.45, 2.75) is 19.3 Å². The van der Waals surface area contributed by atoms with Gasteiger partial charge in [-0.15, -0.1) is 5.01 Å². The van der Waals surface area contributed by atoms with Crippen molar-refractivity contribution in [3.63, 3.8) is 0 Å². The first-order valence-electron chi connectivity index (χ1n) is 3.85. The highest BCUT2D eigenvalue weighted by Crippen LogP contribution is 2.07. The van der Waals surface area contributed by atoms with Gasteiger partial charge >= 0.3 is 0 Å². The Kier molecular flexibility index (Phi) is 3.10. The van der Waals surface area contributed by atoms with Crippen molar-refractivity contribution in [2.24, 2.45) is 0 Å². The van der Waals surface area contributed by atoms with Crippen LogP contribution in [0.3, 0.4) is 0 Å². The van der Waals surface area contributed by atoms with Gasteiger partial charge in [-0.25, -0.2) is 4.84 Å². The summed E-state index contributed by atoms with van der Waals surface area (Å²) < 4.78 is 0. The minimum Gasteiger partial charge on any atom is -0.226 e. The second kappa shape index (κ2) is 4.12. The number of hydrazine groups is 2. The first kappa shape index (κ1) is 8.26. The molecule has 1 heterocycles. The highest BCUT2D eigenvalue weighted by atomic mass is 16.7. The molecular formula is C6H14N3O2+. The van der Waals surface area contributed by atoms with Gasteiger partial charge in [0.1, 0.15) is 0 Å². The Hall–Kier alpha value is -0.840. The topological polar surface area (TPSA) is 44.6 Å². The zero-order valence-corrected chi connectivity index (χ0v) is 6.75. The molecule has 1 rings (SSSR count). The third kappa shape index (κ3) is 2.34. The summed E-state index contributed by atoms with van der Waals surface area (Å²) in [6.45, 7) is 1.64. The van der Waals surface area contributed by atoms with E-state index in [4.69, 9.17) is 0 Å². The van der Waals surface area contributed by atoms with E-state index in [-0.39, 0.29) is 0 Å². The van der Waals surface area contributed by atoms with Gasteiger partial charge < -0.3 is 0 Å². The number of nitrogens with one attached hydrogen (secondary N) is 1. The third-order valence-electron chi connectivity index (χ3n) is 1.76. The summed E-state index contributed by atoms with van der Waals surface area (Å²) in [7, 11) is 1.43. The van der Waals surface area contributed by atoms with Gasteiger partial charge in [-0.1, -0.05) is 0 Å². The SMILES string of the molecule is CON[N+](=O)N1CCCCC1. The predicted octanol–water partition coefficient (Wildman–Crippen LogP) is 0.232. The molecule has 0 bridgehead atoms. The maximum Gasteiger partial charge on any atom is 0.274 e. The lowest BCUT2D eigenvalue weighted by Gasteiger charge is -2.17. The second-order valence-corrected chi connectivity index (χ2v) is 2.58. The molecule has 11 heavy (non-hydrogen) atoms. The van der Waals surface area contributed by atoms with E-state index in [1.807, 2.05) is 0 Å². The average molecular weight is 160 g/mol. The molecule has 0 atom stereocenters. The Morgan fingerprint density at radius 2 is 2.00 bits per heavy atom. The lowest BCUT2D eigenvalue weighted by Crippen LogP contribution is -2.44. The maximum absolute atomic E-state index is 11.0. The predicted molar refractivity (Wildman–Crippen MR) is 39.2 cm³/mol. The smallest absolute Gasteiger partial charge is 0.226 e. The summed E-state index contributed by atoms with van der Waals surface area (Å²) >= 11 is 0. The van der Waals surface area contributed by atoms with Crippen LogP contribution in [-0.4, -0.2) is 30.2 Å². The van der Waals surface area contributed by atoms with Crippen LogP contribution in [0.1, 0.15) is 19.3 Å². The molecule has 64 valence electrons. The summed E-state index contributed by atoms with van der Waals surface area (Å²) in [5.41, 5.74) is 2.22. The summed E-state index contributed by atoms with van der Waals surface area (Å²) in [4.78, 5) is 16.1. The van der Waals surface area contributed by atoms with Crippen molar-refractivity contribution < 1.29 is 9.82 Å². The second-order valence-electron chi connectivity index (χ2n) is 2.58. The Labute approximate surface area is 65.8 Å². The molecule has 1 saturated heterocycles. The zero-order chi connectivity index (χ0) is 8.10. The van der Waals surface area contributed by atoms with E-state index in [1.165, 1.54) is 13.5 Å². The van der Waals surface area contributed by atoms with E-state index in [0.717, 1.165) is 25.9 Å². The van der Waals surface area contributed by atoms with Crippen molar-refractivity contribution in [2.75, 3.05) is 20.2 Å². The lowest BCUT2D eigenvalue weighted by molar-refractivity contribution is -0.788. The number of hydrogen-bond acceptors (Lipinski definition) is 2. The monoisotopic (exact) mass is 160 g/mol. The summed E-state index contributed by atoms with van der Waals surface area (Å²) in [6.07, 6.45) is 3.39. The normalized spacial score (nSPS) is 18.1. The standard InChI is InChI=1S/C6H14N3O2/c1-11-7-9(10)8-5-3-2-4-6-8/h2-6H2,1H3,(H,7,10)/q+1. The van der Waals surface area contributed by atoms with Crippen molar-refractivity contribution in [1.82, 2.24) is 10.6 Å². The quantitative estimate of drug-likeness (QED) is 0.474. The van der Waals surface area contributed by atoms with E-state index in [1.54, 1.807) is 5.01 Å². The van der Waals surface area contributed by atoms with Crippen LogP contribution < -0.4 is 5.59 Å². The number of nitroso groups, excluding NO2 is 1. The van der Waals surface area contributed by atoms with Crippen LogP contribution in [0.15, 0.2) is 0 Å². The molecule has 1 N–H and O–H groups in total. The minimum atomic E-state index is 0.652. The Bertz CT molecular complexity index is 134. The number of piperidine rings is 1. The fraction of sp³-hybridized carbons (Fsp3) is 1.00. The van der Waals surface area contributed by atoms with Crippen molar-refractivity contribution in [3.8, 4) is 0 Å². The molecule has 0 radical (unpaired) electrons. The third-order valence-corrected chi connectivity index (χ3v) is 1.76. The van der Waals surface area contributed by atoms with Gasteiger partial charge in [0.2, 0.25) is 0 Å². The molecular weight excluding hydrogens is 146 g/mol. The largest absolute Gasteiger partial charge is 0.274 e. The number of nitrogens with zero attached hydrogens (tertiary/aromatic N) is 2. The van der Waals surface area contributed by atoms with Crippen LogP contribution >= 0.6 is 0 Å². The van der Waals surface area contributed by atoms with Gasteiger partial charge in [-0.2, -0.15) is 0 Å². The average Bonchev–Trinajstić information content (AvgIpc) is 2.07. The van der Waals surface area contributed by atoms with Crippen molar-refractivity contribution in [3.05, 3.63) is 4.91 Å². The highest BCUT2D eigenvalue weighted by molar-refractivity contribution is 4.54. The molecule has 1 aliphatic rings. The van der Waals surface area contributed by atoms with Crippen molar-refractivity contribution in [1.29, 1.82) is 0 Å². The summed E-state index contributed by atoms with van der Waals surface area (Å²) in [6, 6.07) is 0. The molecule has 1 aliphatic heterocycles. The Morgan fingerprint density at radius 1 is 1.36 bits per heavy atom. The lowest BCUT2D eigenvalue weighted by atomic mass is 10.2. The molecule has 0 aliphatic carbocycles. The fourth-order valence-electron chi connectivity index (χ4n) is 1.19. The molecule has 0 aromatic carbocycles. The van der Waals surface area contributed by atoms with E-state index >= 15 is 0 Å². The summed E-state index contributed by atoms with van der Waals surface area (Å²) in [5, 5.41) is 1.69. The molecule has 0 aromatic rings. The van der Waals surface area contributed by atoms with Gasteiger partial charge in [-0.3, -0.25) is 0 Å². The Balaban J connectivity index is 2.27. The minimum absolute atomic E-state index is 0.652. The zero-order valence-electron chi connectivity index (χ0n) is 6.75.